The number of aromatic nitrogens is 1. The molecule has 4 heteroatoms. The normalized spacial score (nSPS) is 13.3. The van der Waals surface area contributed by atoms with Crippen molar-refractivity contribution in [2.24, 2.45) is 5.92 Å². The molecule has 1 unspecified atom stereocenters. The van der Waals surface area contributed by atoms with Crippen LogP contribution in [0.25, 0.3) is 0 Å². The van der Waals surface area contributed by atoms with Crippen molar-refractivity contribution < 1.29 is 0 Å². The predicted molar refractivity (Wildman–Crippen MR) is 75.2 cm³/mol. The molecule has 0 aromatic carbocycles. The summed E-state index contributed by atoms with van der Waals surface area (Å²) in [4.78, 5) is 4.66. The van der Waals surface area contributed by atoms with Gasteiger partial charge in [0.05, 0.1) is 5.69 Å². The lowest BCUT2D eigenvalue weighted by atomic mass is 10.2. The molecule has 2 nitrogen and oxygen atoms in total. The Hall–Kier alpha value is -0.0600. The number of thioether (sulfide) groups is 1. The van der Waals surface area contributed by atoms with Crippen LogP contribution in [-0.2, 0) is 5.75 Å². The Morgan fingerprint density at radius 3 is 2.81 bits per heavy atom. The van der Waals surface area contributed by atoms with Crippen LogP contribution in [-0.4, -0.2) is 17.3 Å². The van der Waals surface area contributed by atoms with Crippen LogP contribution < -0.4 is 5.32 Å². The van der Waals surface area contributed by atoms with Crippen molar-refractivity contribution in [2.75, 3.05) is 12.3 Å². The largest absolute Gasteiger partial charge is 0.309 e. The lowest BCUT2D eigenvalue weighted by molar-refractivity contribution is 0.585. The van der Waals surface area contributed by atoms with E-state index in [-0.39, 0.29) is 0 Å². The lowest BCUT2D eigenvalue weighted by Gasteiger charge is -2.08. The fourth-order valence-electron chi connectivity index (χ4n) is 1.38. The maximum Gasteiger partial charge on any atom is 0.103 e. The van der Waals surface area contributed by atoms with Crippen LogP contribution in [0.5, 0.6) is 0 Å². The van der Waals surface area contributed by atoms with Crippen molar-refractivity contribution >= 4 is 23.1 Å². The van der Waals surface area contributed by atoms with Crippen LogP contribution in [0.1, 0.15) is 44.4 Å². The monoisotopic (exact) mass is 258 g/mol. The molecule has 16 heavy (non-hydrogen) atoms. The number of hydrogen-bond donors (Lipinski definition) is 1. The molecular formula is C12H22N2S2. The molecule has 0 fully saturated rings. The smallest absolute Gasteiger partial charge is 0.103 e. The molecule has 0 aliphatic heterocycles. The van der Waals surface area contributed by atoms with Gasteiger partial charge in [-0.25, -0.2) is 4.98 Å². The molecule has 0 spiro atoms. The van der Waals surface area contributed by atoms with Crippen molar-refractivity contribution in [1.82, 2.24) is 10.3 Å². The third-order valence-corrected chi connectivity index (χ3v) is 4.63. The first-order valence-electron chi connectivity index (χ1n) is 5.88. The number of rotatable bonds is 7. The highest BCUT2D eigenvalue weighted by molar-refractivity contribution is 7.98. The Labute approximate surface area is 107 Å². The number of hydrogen-bond acceptors (Lipinski definition) is 4. The highest BCUT2D eigenvalue weighted by Gasteiger charge is 2.08. The fraction of sp³-hybridized carbons (Fsp3) is 0.750. The lowest BCUT2D eigenvalue weighted by Crippen LogP contribution is -2.17. The SMILES string of the molecule is CCNC(C)c1csc(CSCC(C)C)n1. The molecule has 1 aromatic heterocycles. The molecule has 1 aromatic rings. The molecule has 92 valence electrons. The number of thiazole rings is 1. The minimum absolute atomic E-state index is 0.380. The highest BCUT2D eigenvalue weighted by Crippen LogP contribution is 2.21. The molecule has 0 saturated carbocycles. The molecule has 0 radical (unpaired) electrons. The van der Waals surface area contributed by atoms with Gasteiger partial charge in [-0.05, 0) is 25.1 Å². The van der Waals surface area contributed by atoms with Gasteiger partial charge in [-0.3, -0.25) is 0 Å². The van der Waals surface area contributed by atoms with Gasteiger partial charge in [0.25, 0.3) is 0 Å². The second kappa shape index (κ2) is 7.30. The number of nitrogens with zero attached hydrogens (tertiary/aromatic N) is 1. The topological polar surface area (TPSA) is 24.9 Å². The van der Waals surface area contributed by atoms with Gasteiger partial charge < -0.3 is 5.32 Å². The quantitative estimate of drug-likeness (QED) is 0.807. The minimum Gasteiger partial charge on any atom is -0.309 e. The zero-order chi connectivity index (χ0) is 12.0. The van der Waals surface area contributed by atoms with Crippen molar-refractivity contribution in [1.29, 1.82) is 0 Å². The van der Waals surface area contributed by atoms with Gasteiger partial charge in [0.15, 0.2) is 0 Å². The predicted octanol–water partition coefficient (Wildman–Crippen LogP) is 3.70. The summed E-state index contributed by atoms with van der Waals surface area (Å²) in [6, 6.07) is 0.380. The average Bonchev–Trinajstić information content (AvgIpc) is 2.66. The van der Waals surface area contributed by atoms with Crippen LogP contribution in [0, 0.1) is 5.92 Å². The van der Waals surface area contributed by atoms with Crippen molar-refractivity contribution in [3.05, 3.63) is 16.1 Å². The summed E-state index contributed by atoms with van der Waals surface area (Å²) < 4.78 is 0. The third kappa shape index (κ3) is 4.85. The van der Waals surface area contributed by atoms with Crippen LogP contribution in [0.2, 0.25) is 0 Å². The summed E-state index contributed by atoms with van der Waals surface area (Å²) in [6.07, 6.45) is 0. The summed E-state index contributed by atoms with van der Waals surface area (Å²) in [5, 5.41) is 6.82. The van der Waals surface area contributed by atoms with E-state index in [1.165, 1.54) is 16.5 Å². The molecule has 1 rings (SSSR count). The standard InChI is InChI=1S/C12H22N2S2/c1-5-13-10(4)11-7-16-12(14-11)8-15-6-9(2)3/h7,9-10,13H,5-6,8H2,1-4H3. The Morgan fingerprint density at radius 2 is 2.19 bits per heavy atom. The molecule has 1 N–H and O–H groups in total. The van der Waals surface area contributed by atoms with Gasteiger partial charge >= 0.3 is 0 Å². The summed E-state index contributed by atoms with van der Waals surface area (Å²) >= 11 is 3.76. The highest BCUT2D eigenvalue weighted by atomic mass is 32.2. The fourth-order valence-corrected chi connectivity index (χ4v) is 3.41. The third-order valence-electron chi connectivity index (χ3n) is 2.20. The Morgan fingerprint density at radius 1 is 1.44 bits per heavy atom. The Bertz CT molecular complexity index is 297. The Kier molecular flexibility index (Phi) is 6.39. The van der Waals surface area contributed by atoms with Crippen molar-refractivity contribution in [3.8, 4) is 0 Å². The van der Waals surface area contributed by atoms with E-state index in [1.54, 1.807) is 11.3 Å². The van der Waals surface area contributed by atoms with Gasteiger partial charge in [0.2, 0.25) is 0 Å². The summed E-state index contributed by atoms with van der Waals surface area (Å²) in [5.74, 6) is 3.05. The average molecular weight is 258 g/mol. The first-order chi connectivity index (χ1) is 7.63. The molecule has 1 atom stereocenters. The summed E-state index contributed by atoms with van der Waals surface area (Å²) in [5.41, 5.74) is 1.19. The van der Waals surface area contributed by atoms with Crippen LogP contribution >= 0.6 is 23.1 Å². The number of nitrogens with one attached hydrogen (secondary N) is 1. The molecule has 0 aliphatic carbocycles. The van der Waals surface area contributed by atoms with Gasteiger partial charge in [0, 0.05) is 17.2 Å². The van der Waals surface area contributed by atoms with Crippen molar-refractivity contribution in [2.45, 2.75) is 39.5 Å². The molecule has 1 heterocycles. The maximum absolute atomic E-state index is 4.66. The minimum atomic E-state index is 0.380. The second-order valence-electron chi connectivity index (χ2n) is 4.35. The second-order valence-corrected chi connectivity index (χ2v) is 6.33. The van der Waals surface area contributed by atoms with E-state index in [2.05, 4.69) is 43.4 Å². The van der Waals surface area contributed by atoms with Crippen LogP contribution in [0.15, 0.2) is 5.38 Å². The van der Waals surface area contributed by atoms with E-state index < -0.39 is 0 Å². The van der Waals surface area contributed by atoms with Gasteiger partial charge in [-0.2, -0.15) is 11.8 Å². The zero-order valence-electron chi connectivity index (χ0n) is 10.6. The van der Waals surface area contributed by atoms with Gasteiger partial charge in [0.1, 0.15) is 5.01 Å². The van der Waals surface area contributed by atoms with Crippen LogP contribution in [0.3, 0.4) is 0 Å². The van der Waals surface area contributed by atoms with E-state index in [1.807, 2.05) is 11.8 Å². The first-order valence-corrected chi connectivity index (χ1v) is 7.92. The molecule has 0 saturated heterocycles. The maximum atomic E-state index is 4.66. The van der Waals surface area contributed by atoms with E-state index in [0.717, 1.165) is 18.2 Å². The van der Waals surface area contributed by atoms with Gasteiger partial charge in [-0.15, -0.1) is 11.3 Å². The van der Waals surface area contributed by atoms with E-state index in [4.69, 9.17) is 0 Å². The van der Waals surface area contributed by atoms with E-state index >= 15 is 0 Å². The zero-order valence-corrected chi connectivity index (χ0v) is 12.3. The summed E-state index contributed by atoms with van der Waals surface area (Å²) in [7, 11) is 0. The summed E-state index contributed by atoms with van der Waals surface area (Å²) in [6.45, 7) is 9.81. The molecule has 0 amide bonds. The molecule has 0 bridgehead atoms. The van der Waals surface area contributed by atoms with Gasteiger partial charge in [-0.1, -0.05) is 20.8 Å². The van der Waals surface area contributed by atoms with Crippen molar-refractivity contribution in [3.63, 3.8) is 0 Å². The Balaban J connectivity index is 2.39. The first kappa shape index (κ1) is 14.0. The van der Waals surface area contributed by atoms with Crippen LogP contribution in [0.4, 0.5) is 0 Å². The molecule has 0 aliphatic rings. The molecular weight excluding hydrogens is 236 g/mol. The van der Waals surface area contributed by atoms with E-state index in [9.17, 15) is 0 Å². The van der Waals surface area contributed by atoms with E-state index in [0.29, 0.717) is 6.04 Å².